The molecule has 0 atom stereocenters. The molecule has 0 saturated carbocycles. The van der Waals surface area contributed by atoms with Gasteiger partial charge in [0, 0.05) is 25.0 Å². The summed E-state index contributed by atoms with van der Waals surface area (Å²) >= 11 is 0. The summed E-state index contributed by atoms with van der Waals surface area (Å²) in [7, 11) is 0. The van der Waals surface area contributed by atoms with Crippen LogP contribution in [-0.4, -0.2) is 10.1 Å². The van der Waals surface area contributed by atoms with Gasteiger partial charge in [-0.3, -0.25) is 0 Å². The predicted molar refractivity (Wildman–Crippen MR) is 67.1 cm³/mol. The van der Waals surface area contributed by atoms with Crippen molar-refractivity contribution in [3.8, 4) is 11.5 Å². The summed E-state index contributed by atoms with van der Waals surface area (Å²) in [6.45, 7) is 6.04. The van der Waals surface area contributed by atoms with Gasteiger partial charge in [0.1, 0.15) is 5.69 Å². The molecule has 0 aliphatic carbocycles. The van der Waals surface area contributed by atoms with Crippen molar-refractivity contribution >= 4 is 5.84 Å². The van der Waals surface area contributed by atoms with Crippen LogP contribution in [0.15, 0.2) is 34.7 Å². The van der Waals surface area contributed by atoms with Crippen molar-refractivity contribution in [1.29, 1.82) is 0 Å². The average molecular weight is 240 g/mol. The monoisotopic (exact) mass is 240 g/mol. The Morgan fingerprint density at radius 2 is 1.78 bits per heavy atom. The average Bonchev–Trinajstić information content (AvgIpc) is 2.81. The first-order valence-electron chi connectivity index (χ1n) is 5.89. The van der Waals surface area contributed by atoms with Crippen LogP contribution in [0.1, 0.15) is 17.0 Å². The molecule has 0 amide bonds. The Balaban J connectivity index is 2.27. The van der Waals surface area contributed by atoms with Crippen LogP contribution in [0.25, 0.3) is 17.3 Å². The van der Waals surface area contributed by atoms with E-state index in [1.54, 1.807) is 4.52 Å². The minimum atomic E-state index is 0.537. The molecule has 0 fully saturated rings. The van der Waals surface area contributed by atoms with Gasteiger partial charge in [0.05, 0.1) is 0 Å². The molecular weight excluding hydrogens is 226 g/mol. The smallest absolute Gasteiger partial charge is 0.364 e. The van der Waals surface area contributed by atoms with Gasteiger partial charge in [-0.05, 0) is 29.1 Å². The molecule has 3 aromatic rings. The van der Waals surface area contributed by atoms with Gasteiger partial charge in [-0.2, -0.15) is 0 Å². The maximum Gasteiger partial charge on any atom is 0.532 e. The number of hydrogen-bond donors (Lipinski definition) is 0. The number of aryl methyl sites for hydroxylation is 2. The third kappa shape index (κ3) is 1.57. The van der Waals surface area contributed by atoms with Gasteiger partial charge in [-0.1, -0.05) is 22.7 Å². The highest BCUT2D eigenvalue weighted by Gasteiger charge is 2.21. The lowest BCUT2D eigenvalue weighted by Gasteiger charge is -1.93. The van der Waals surface area contributed by atoms with E-state index >= 15 is 0 Å². The van der Waals surface area contributed by atoms with Crippen molar-refractivity contribution in [1.82, 2.24) is 10.1 Å². The molecule has 0 bridgehead atoms. The van der Waals surface area contributed by atoms with Crippen LogP contribution in [-0.2, 0) is 0 Å². The summed E-state index contributed by atoms with van der Waals surface area (Å²) < 4.78 is 7.47. The van der Waals surface area contributed by atoms with Crippen LogP contribution < -0.4 is 4.52 Å². The number of rotatable bonds is 1. The zero-order valence-corrected chi connectivity index (χ0v) is 10.6. The number of benzene rings is 1. The summed E-state index contributed by atoms with van der Waals surface area (Å²) in [5.41, 5.74) is 4.13. The van der Waals surface area contributed by atoms with E-state index < -0.39 is 0 Å². The summed E-state index contributed by atoms with van der Waals surface area (Å²) in [4.78, 5) is 4.42. The lowest BCUT2D eigenvalue weighted by molar-refractivity contribution is -0.589. The van der Waals surface area contributed by atoms with Crippen molar-refractivity contribution in [3.63, 3.8) is 0 Å². The molecule has 90 valence electrons. The molecule has 4 nitrogen and oxygen atoms in total. The van der Waals surface area contributed by atoms with Crippen LogP contribution >= 0.6 is 0 Å². The van der Waals surface area contributed by atoms with Crippen LogP contribution in [0.4, 0.5) is 0 Å². The summed E-state index contributed by atoms with van der Waals surface area (Å²) in [5, 5.41) is 4.47. The fraction of sp³-hybridized carbons (Fsp3) is 0.214. The van der Waals surface area contributed by atoms with E-state index in [-0.39, 0.29) is 0 Å². The molecular formula is C14H14N3O+. The van der Waals surface area contributed by atoms with E-state index in [1.807, 2.05) is 51.1 Å². The maximum absolute atomic E-state index is 5.71. The lowest BCUT2D eigenvalue weighted by Crippen LogP contribution is -2.30. The molecule has 18 heavy (non-hydrogen) atoms. The Bertz CT molecular complexity index is 717. The maximum atomic E-state index is 5.71. The Hall–Kier alpha value is -2.23. The van der Waals surface area contributed by atoms with E-state index in [1.165, 1.54) is 0 Å². The minimum Gasteiger partial charge on any atom is -0.364 e. The number of aromatic nitrogens is 3. The fourth-order valence-corrected chi connectivity index (χ4v) is 1.92. The van der Waals surface area contributed by atoms with Gasteiger partial charge in [0.15, 0.2) is 5.69 Å². The molecule has 0 unspecified atom stereocenters. The van der Waals surface area contributed by atoms with Gasteiger partial charge in [-0.15, -0.1) is 0 Å². The lowest BCUT2D eigenvalue weighted by atomic mass is 10.2. The van der Waals surface area contributed by atoms with Gasteiger partial charge < -0.3 is 4.42 Å². The van der Waals surface area contributed by atoms with Gasteiger partial charge in [0.25, 0.3) is 5.89 Å². The molecule has 0 spiro atoms. The second-order valence-corrected chi connectivity index (χ2v) is 4.38. The normalized spacial score (nSPS) is 11.1. The highest BCUT2D eigenvalue weighted by atomic mass is 16.4. The van der Waals surface area contributed by atoms with E-state index in [4.69, 9.17) is 4.42 Å². The van der Waals surface area contributed by atoms with Crippen molar-refractivity contribution in [2.75, 3.05) is 0 Å². The molecule has 1 aromatic carbocycles. The summed E-state index contributed by atoms with van der Waals surface area (Å²) in [5.74, 6) is 1.13. The highest BCUT2D eigenvalue weighted by Crippen LogP contribution is 2.17. The van der Waals surface area contributed by atoms with Gasteiger partial charge in [-0.25, -0.2) is 0 Å². The topological polar surface area (TPSA) is 43.0 Å². The largest absolute Gasteiger partial charge is 0.532 e. The van der Waals surface area contributed by atoms with E-state index in [2.05, 4.69) is 10.1 Å². The van der Waals surface area contributed by atoms with Crippen LogP contribution in [0.3, 0.4) is 0 Å². The van der Waals surface area contributed by atoms with E-state index in [0.29, 0.717) is 11.7 Å². The number of fused-ring (bicyclic) bond motifs is 1. The fourth-order valence-electron chi connectivity index (χ4n) is 1.92. The van der Waals surface area contributed by atoms with Crippen LogP contribution in [0.2, 0.25) is 0 Å². The second-order valence-electron chi connectivity index (χ2n) is 4.38. The third-order valence-electron chi connectivity index (χ3n) is 3.25. The summed E-state index contributed by atoms with van der Waals surface area (Å²) in [6, 6.07) is 9.84. The van der Waals surface area contributed by atoms with Crippen molar-refractivity contribution in [2.24, 2.45) is 0 Å². The Kier molecular flexibility index (Phi) is 2.37. The molecule has 0 N–H and O–H groups in total. The molecule has 4 heteroatoms. The van der Waals surface area contributed by atoms with Gasteiger partial charge >= 0.3 is 5.84 Å². The third-order valence-corrected chi connectivity index (χ3v) is 3.25. The van der Waals surface area contributed by atoms with Crippen LogP contribution in [0.5, 0.6) is 0 Å². The standard InChI is InChI=1S/C14H14N3O/c1-9-10(2)15-14-17(11(9)3)16-13(18-14)12-7-5-4-6-8-12/h4-8H,1-3H3/q+1. The number of hydrogen-bond acceptors (Lipinski definition) is 3. The molecule has 0 saturated heterocycles. The molecule has 0 aliphatic heterocycles. The van der Waals surface area contributed by atoms with Crippen LogP contribution in [0, 0.1) is 20.8 Å². The summed E-state index contributed by atoms with van der Waals surface area (Å²) in [6.07, 6.45) is 0. The van der Waals surface area contributed by atoms with Gasteiger partial charge in [0.2, 0.25) is 0 Å². The minimum absolute atomic E-state index is 0.537. The highest BCUT2D eigenvalue weighted by molar-refractivity contribution is 5.52. The van der Waals surface area contributed by atoms with E-state index in [9.17, 15) is 0 Å². The van der Waals surface area contributed by atoms with Crippen molar-refractivity contribution in [2.45, 2.75) is 20.8 Å². The second kappa shape index (κ2) is 3.91. The Morgan fingerprint density at radius 3 is 2.50 bits per heavy atom. The van der Waals surface area contributed by atoms with E-state index in [0.717, 1.165) is 22.5 Å². The Labute approximate surface area is 105 Å². The molecule has 0 aliphatic rings. The zero-order chi connectivity index (χ0) is 12.7. The first kappa shape index (κ1) is 10.9. The first-order chi connectivity index (χ1) is 8.66. The number of nitrogens with zero attached hydrogens (tertiary/aromatic N) is 3. The molecule has 2 heterocycles. The van der Waals surface area contributed by atoms with Crippen molar-refractivity contribution < 1.29 is 8.93 Å². The molecule has 0 radical (unpaired) electrons. The van der Waals surface area contributed by atoms with Crippen molar-refractivity contribution in [3.05, 3.63) is 47.3 Å². The quantitative estimate of drug-likeness (QED) is 0.613. The SMILES string of the molecule is Cc1nc2oc(-c3ccccc3)n[n+]2c(C)c1C. The zero-order valence-electron chi connectivity index (χ0n) is 10.6. The Morgan fingerprint density at radius 1 is 1.06 bits per heavy atom. The first-order valence-corrected chi connectivity index (χ1v) is 5.89. The predicted octanol–water partition coefficient (Wildman–Crippen LogP) is 2.40. The molecule has 3 rings (SSSR count). The molecule has 2 aromatic heterocycles.